The van der Waals surface area contributed by atoms with Crippen LogP contribution in [0.15, 0.2) is 42.6 Å². The van der Waals surface area contributed by atoms with Gasteiger partial charge in [0.15, 0.2) is 0 Å². The van der Waals surface area contributed by atoms with Crippen LogP contribution in [0.3, 0.4) is 0 Å². The molecule has 1 aromatic carbocycles. The molecule has 4 rings (SSSR count). The molecule has 122 valence electrons. The Morgan fingerprint density at radius 1 is 1.17 bits per heavy atom. The number of piperidine rings is 1. The van der Waals surface area contributed by atoms with Crippen molar-refractivity contribution in [2.75, 3.05) is 18.8 Å². The Morgan fingerprint density at radius 3 is 2.71 bits per heavy atom. The van der Waals surface area contributed by atoms with Crippen molar-refractivity contribution in [1.82, 2.24) is 19.9 Å². The van der Waals surface area contributed by atoms with Gasteiger partial charge in [-0.1, -0.05) is 12.1 Å². The van der Waals surface area contributed by atoms with Crippen LogP contribution in [0.5, 0.6) is 0 Å². The molecule has 0 atom stereocenters. The Morgan fingerprint density at radius 2 is 1.96 bits per heavy atom. The van der Waals surface area contributed by atoms with Crippen molar-refractivity contribution in [1.29, 1.82) is 0 Å². The fourth-order valence-corrected chi connectivity index (χ4v) is 3.29. The highest BCUT2D eigenvalue weighted by Gasteiger charge is 2.27. The number of nitrogen functional groups attached to an aromatic ring is 1. The summed E-state index contributed by atoms with van der Waals surface area (Å²) in [4.78, 5) is 26.5. The molecule has 0 spiro atoms. The molecule has 0 radical (unpaired) electrons. The van der Waals surface area contributed by atoms with Crippen LogP contribution in [0.4, 0.5) is 5.82 Å². The van der Waals surface area contributed by atoms with Gasteiger partial charge in [-0.05, 0) is 37.1 Å². The van der Waals surface area contributed by atoms with Crippen molar-refractivity contribution in [3.63, 3.8) is 0 Å². The quantitative estimate of drug-likeness (QED) is 0.759. The number of amides is 1. The van der Waals surface area contributed by atoms with Gasteiger partial charge in [0.25, 0.3) is 5.91 Å². The van der Waals surface area contributed by atoms with Crippen LogP contribution in [-0.2, 0) is 0 Å². The van der Waals surface area contributed by atoms with Crippen LogP contribution >= 0.6 is 0 Å². The van der Waals surface area contributed by atoms with Crippen molar-refractivity contribution in [2.24, 2.45) is 0 Å². The Bertz CT molecular complexity index is 847. The molecule has 1 aliphatic heterocycles. The predicted octanol–water partition coefficient (Wildman–Crippen LogP) is 2.56. The van der Waals surface area contributed by atoms with E-state index in [2.05, 4.69) is 15.0 Å². The van der Waals surface area contributed by atoms with E-state index < -0.39 is 0 Å². The highest BCUT2D eigenvalue weighted by Crippen LogP contribution is 2.28. The Labute approximate surface area is 139 Å². The van der Waals surface area contributed by atoms with Crippen molar-refractivity contribution in [2.45, 2.75) is 18.8 Å². The smallest absolute Gasteiger partial charge is 0.257 e. The number of aromatic amines is 1. The second-order valence-electron chi connectivity index (χ2n) is 6.14. The number of nitrogens with one attached hydrogen (secondary N) is 1. The van der Waals surface area contributed by atoms with E-state index in [0.717, 1.165) is 29.7 Å². The molecule has 24 heavy (non-hydrogen) atoms. The molecular formula is C18H19N5O. The number of nitrogens with zero attached hydrogens (tertiary/aromatic N) is 3. The minimum Gasteiger partial charge on any atom is -0.383 e. The fraction of sp³-hybridized carbons (Fsp3) is 0.278. The van der Waals surface area contributed by atoms with Crippen LogP contribution < -0.4 is 5.73 Å². The first-order valence-electron chi connectivity index (χ1n) is 8.17. The second-order valence-corrected chi connectivity index (χ2v) is 6.14. The lowest BCUT2D eigenvalue weighted by Gasteiger charge is -2.31. The number of likely N-dealkylation sites (tertiary alicyclic amines) is 1. The van der Waals surface area contributed by atoms with E-state index in [-0.39, 0.29) is 5.91 Å². The van der Waals surface area contributed by atoms with Gasteiger partial charge in [0.2, 0.25) is 0 Å². The monoisotopic (exact) mass is 321 g/mol. The number of para-hydroxylation sites is 2. The molecule has 3 heterocycles. The van der Waals surface area contributed by atoms with E-state index in [1.807, 2.05) is 29.2 Å². The number of rotatable bonds is 2. The molecule has 1 saturated heterocycles. The van der Waals surface area contributed by atoms with Crippen molar-refractivity contribution in [3.8, 4) is 0 Å². The number of fused-ring (bicyclic) bond motifs is 1. The lowest BCUT2D eigenvalue weighted by molar-refractivity contribution is 0.0712. The Balaban J connectivity index is 1.47. The molecule has 6 heteroatoms. The molecule has 3 N–H and O–H groups in total. The summed E-state index contributed by atoms with van der Waals surface area (Å²) in [6.07, 6.45) is 3.39. The van der Waals surface area contributed by atoms with Crippen molar-refractivity contribution < 1.29 is 4.79 Å². The zero-order chi connectivity index (χ0) is 16.5. The van der Waals surface area contributed by atoms with Gasteiger partial charge in [0, 0.05) is 25.2 Å². The Hall–Kier alpha value is -2.89. The largest absolute Gasteiger partial charge is 0.383 e. The van der Waals surface area contributed by atoms with Crippen molar-refractivity contribution >= 4 is 22.8 Å². The number of hydrogen-bond donors (Lipinski definition) is 2. The summed E-state index contributed by atoms with van der Waals surface area (Å²) in [5, 5.41) is 0. The van der Waals surface area contributed by atoms with Gasteiger partial charge in [0.05, 0.1) is 16.6 Å². The molecule has 1 amide bonds. The van der Waals surface area contributed by atoms with Gasteiger partial charge in [0.1, 0.15) is 11.6 Å². The number of aromatic nitrogens is 3. The number of benzene rings is 1. The number of H-pyrrole nitrogens is 1. The number of pyridine rings is 1. The summed E-state index contributed by atoms with van der Waals surface area (Å²) < 4.78 is 0. The number of imidazole rings is 1. The minimum absolute atomic E-state index is 0.0383. The van der Waals surface area contributed by atoms with Gasteiger partial charge >= 0.3 is 0 Å². The number of anilines is 1. The second kappa shape index (κ2) is 5.96. The highest BCUT2D eigenvalue weighted by atomic mass is 16.2. The number of hydrogen-bond acceptors (Lipinski definition) is 4. The van der Waals surface area contributed by atoms with E-state index >= 15 is 0 Å². The third-order valence-corrected chi connectivity index (χ3v) is 4.65. The summed E-state index contributed by atoms with van der Waals surface area (Å²) in [6, 6.07) is 11.5. The first-order chi connectivity index (χ1) is 11.7. The van der Waals surface area contributed by atoms with Gasteiger partial charge in [-0.25, -0.2) is 9.97 Å². The first kappa shape index (κ1) is 14.7. The molecule has 0 bridgehead atoms. The average Bonchev–Trinajstić information content (AvgIpc) is 3.06. The Kier molecular flexibility index (Phi) is 3.65. The normalized spacial score (nSPS) is 15.8. The van der Waals surface area contributed by atoms with Crippen LogP contribution in [0.25, 0.3) is 11.0 Å². The van der Waals surface area contributed by atoms with Gasteiger partial charge in [-0.2, -0.15) is 0 Å². The highest BCUT2D eigenvalue weighted by molar-refractivity contribution is 5.98. The van der Waals surface area contributed by atoms with Crippen molar-refractivity contribution in [3.05, 3.63) is 54.0 Å². The maximum Gasteiger partial charge on any atom is 0.257 e. The molecule has 0 aliphatic carbocycles. The van der Waals surface area contributed by atoms with Crippen LogP contribution in [0, 0.1) is 0 Å². The van der Waals surface area contributed by atoms with Crippen LogP contribution in [-0.4, -0.2) is 38.8 Å². The molecule has 1 aliphatic rings. The van der Waals surface area contributed by atoms with Gasteiger partial charge < -0.3 is 15.6 Å². The zero-order valence-electron chi connectivity index (χ0n) is 13.3. The standard InChI is InChI=1S/C18H19N5O/c19-16-13(4-3-9-20-16)18(24)23-10-7-12(8-11-23)17-21-14-5-1-2-6-15(14)22-17/h1-6,9,12H,7-8,10-11H2,(H2,19,20)(H,21,22). The summed E-state index contributed by atoms with van der Waals surface area (Å²) >= 11 is 0. The zero-order valence-corrected chi connectivity index (χ0v) is 13.3. The van der Waals surface area contributed by atoms with E-state index in [1.54, 1.807) is 18.3 Å². The van der Waals surface area contributed by atoms with E-state index in [1.165, 1.54) is 0 Å². The van der Waals surface area contributed by atoms with Crippen LogP contribution in [0.1, 0.15) is 34.9 Å². The fourth-order valence-electron chi connectivity index (χ4n) is 3.29. The maximum atomic E-state index is 12.6. The molecule has 3 aromatic rings. The topological polar surface area (TPSA) is 87.9 Å². The SMILES string of the molecule is Nc1ncccc1C(=O)N1CCC(c2nc3ccccc3[nH]2)CC1. The lowest BCUT2D eigenvalue weighted by Crippen LogP contribution is -2.38. The molecular weight excluding hydrogens is 302 g/mol. The van der Waals surface area contributed by atoms with E-state index in [4.69, 9.17) is 5.73 Å². The van der Waals surface area contributed by atoms with E-state index in [9.17, 15) is 4.79 Å². The molecule has 0 saturated carbocycles. The van der Waals surface area contributed by atoms with Gasteiger partial charge in [-0.3, -0.25) is 4.79 Å². The average molecular weight is 321 g/mol. The number of carbonyl (C=O) groups excluding carboxylic acids is 1. The number of carbonyl (C=O) groups is 1. The number of nitrogens with two attached hydrogens (primary N) is 1. The van der Waals surface area contributed by atoms with Crippen LogP contribution in [0.2, 0.25) is 0 Å². The summed E-state index contributed by atoms with van der Waals surface area (Å²) in [5.74, 6) is 1.63. The minimum atomic E-state index is -0.0383. The molecule has 1 fully saturated rings. The third kappa shape index (κ3) is 2.60. The maximum absolute atomic E-state index is 12.6. The third-order valence-electron chi connectivity index (χ3n) is 4.65. The summed E-state index contributed by atoms with van der Waals surface area (Å²) in [5.41, 5.74) is 8.36. The predicted molar refractivity (Wildman–Crippen MR) is 92.6 cm³/mol. The first-order valence-corrected chi connectivity index (χ1v) is 8.17. The molecule has 6 nitrogen and oxygen atoms in total. The summed E-state index contributed by atoms with van der Waals surface area (Å²) in [7, 11) is 0. The molecule has 2 aromatic heterocycles. The molecule has 0 unspecified atom stereocenters. The lowest BCUT2D eigenvalue weighted by atomic mass is 9.95. The van der Waals surface area contributed by atoms with Gasteiger partial charge in [-0.15, -0.1) is 0 Å². The van der Waals surface area contributed by atoms with E-state index in [0.29, 0.717) is 30.4 Å². The summed E-state index contributed by atoms with van der Waals surface area (Å²) in [6.45, 7) is 1.41.